The van der Waals surface area contributed by atoms with Crippen LogP contribution in [-0.2, 0) is 19.2 Å². The van der Waals surface area contributed by atoms with E-state index in [0.29, 0.717) is 12.3 Å². The molecule has 0 aromatic rings. The van der Waals surface area contributed by atoms with Crippen molar-refractivity contribution in [1.29, 1.82) is 0 Å². The maximum atomic E-state index is 10.3. The second kappa shape index (κ2) is 14.0. The third-order valence-electron chi connectivity index (χ3n) is 2.33. The third-order valence-corrected chi connectivity index (χ3v) is 2.33. The molecule has 0 bridgehead atoms. The number of aliphatic hydroxyl groups is 1. The average Bonchev–Trinajstić information content (AvgIpc) is 2.35. The van der Waals surface area contributed by atoms with Crippen LogP contribution in [0.4, 0.5) is 0 Å². The molecule has 0 rings (SSSR count). The van der Waals surface area contributed by atoms with Crippen molar-refractivity contribution in [1.82, 2.24) is 0 Å². The van der Waals surface area contributed by atoms with E-state index in [2.05, 4.69) is 0 Å². The van der Waals surface area contributed by atoms with Crippen LogP contribution in [0.1, 0.15) is 33.1 Å². The molecule has 152 valence electrons. The van der Waals surface area contributed by atoms with Crippen LogP contribution in [0, 0.1) is 5.92 Å². The topological polar surface area (TPSA) is 256 Å². The molecule has 0 aliphatic heterocycles. The van der Waals surface area contributed by atoms with Gasteiger partial charge in [0.15, 0.2) is 5.60 Å². The molecule has 26 heavy (non-hydrogen) atoms. The number of nitrogens with two attached hydrogens (primary N) is 1. The minimum Gasteiger partial charge on any atom is -0.481 e. The first-order valence-corrected chi connectivity index (χ1v) is 6.97. The van der Waals surface area contributed by atoms with Gasteiger partial charge in [-0.3, -0.25) is 14.4 Å². The van der Waals surface area contributed by atoms with E-state index < -0.39 is 55.7 Å². The molecule has 0 aromatic carbocycles. The molecule has 0 aliphatic carbocycles. The van der Waals surface area contributed by atoms with Gasteiger partial charge in [0.2, 0.25) is 0 Å². The number of hydrogen-bond donors (Lipinski definition) is 9. The van der Waals surface area contributed by atoms with Crippen molar-refractivity contribution < 1.29 is 59.8 Å². The molecule has 0 saturated heterocycles. The van der Waals surface area contributed by atoms with Gasteiger partial charge in [-0.25, -0.2) is 4.79 Å². The van der Waals surface area contributed by atoms with Crippen molar-refractivity contribution in [2.75, 3.05) is 0 Å². The number of carboxylic acid groups (broad SMARTS) is 4. The van der Waals surface area contributed by atoms with Crippen LogP contribution in [0.2, 0.25) is 0 Å². The van der Waals surface area contributed by atoms with Crippen molar-refractivity contribution >= 4 is 31.2 Å². The Hall–Kier alpha value is -2.26. The summed E-state index contributed by atoms with van der Waals surface area (Å²) in [7, 11) is -2.17. The van der Waals surface area contributed by atoms with Gasteiger partial charge in [-0.2, -0.15) is 0 Å². The molecule has 10 N–H and O–H groups in total. The maximum Gasteiger partial charge on any atom is 0.631 e. The minimum absolute atomic E-state index is 0.357. The molecule has 0 saturated carbocycles. The van der Waals surface area contributed by atoms with E-state index in [9.17, 15) is 19.2 Å². The van der Waals surface area contributed by atoms with E-state index in [1.807, 2.05) is 13.8 Å². The molecule has 0 aliphatic rings. The molecule has 0 spiro atoms. The van der Waals surface area contributed by atoms with Crippen molar-refractivity contribution in [2.24, 2.45) is 11.7 Å². The summed E-state index contributed by atoms with van der Waals surface area (Å²) in [6.45, 7) is 3.89. The first-order valence-electron chi connectivity index (χ1n) is 6.97. The van der Waals surface area contributed by atoms with E-state index >= 15 is 0 Å². The predicted octanol–water partition coefficient (Wildman–Crippen LogP) is -2.86. The Morgan fingerprint density at radius 2 is 1.23 bits per heavy atom. The Morgan fingerprint density at radius 1 is 0.923 bits per heavy atom. The van der Waals surface area contributed by atoms with Crippen LogP contribution in [-0.4, -0.2) is 83.4 Å². The zero-order valence-corrected chi connectivity index (χ0v) is 14.1. The number of hydrogen-bond acceptors (Lipinski definition) is 9. The largest absolute Gasteiger partial charge is 0.631 e. The zero-order chi connectivity index (χ0) is 21.7. The van der Waals surface area contributed by atoms with Gasteiger partial charge in [-0.15, -0.1) is 0 Å². The molecular formula is C12H24BNO12. The van der Waals surface area contributed by atoms with Crippen molar-refractivity contribution in [3.05, 3.63) is 0 Å². The van der Waals surface area contributed by atoms with Crippen LogP contribution in [0.15, 0.2) is 0 Å². The molecule has 0 fully saturated rings. The lowest BCUT2D eigenvalue weighted by Crippen LogP contribution is -2.42. The molecule has 13 nitrogen and oxygen atoms in total. The Labute approximate surface area is 148 Å². The van der Waals surface area contributed by atoms with Gasteiger partial charge in [0, 0.05) is 0 Å². The van der Waals surface area contributed by atoms with Gasteiger partial charge in [0.25, 0.3) is 0 Å². The second-order valence-corrected chi connectivity index (χ2v) is 5.40. The van der Waals surface area contributed by atoms with Gasteiger partial charge >= 0.3 is 31.2 Å². The van der Waals surface area contributed by atoms with E-state index in [-0.39, 0.29) is 0 Å². The molecular weight excluding hydrogens is 361 g/mol. The fraction of sp³-hybridized carbons (Fsp3) is 0.667. The summed E-state index contributed by atoms with van der Waals surface area (Å²) >= 11 is 0. The Balaban J connectivity index is -0.000000352. The van der Waals surface area contributed by atoms with Crippen LogP contribution >= 0.6 is 0 Å². The van der Waals surface area contributed by atoms with E-state index in [0.717, 1.165) is 0 Å². The van der Waals surface area contributed by atoms with Crippen molar-refractivity contribution in [3.8, 4) is 0 Å². The highest BCUT2D eigenvalue weighted by atomic mass is 16.5. The Kier molecular flexibility index (Phi) is 15.3. The molecule has 14 heteroatoms. The first-order chi connectivity index (χ1) is 11.5. The Morgan fingerprint density at radius 3 is 1.35 bits per heavy atom. The van der Waals surface area contributed by atoms with Gasteiger partial charge in [-0.05, 0) is 12.3 Å². The van der Waals surface area contributed by atoms with E-state index in [1.165, 1.54) is 0 Å². The summed E-state index contributed by atoms with van der Waals surface area (Å²) in [5, 5.41) is 63.6. The number of aliphatic carboxylic acids is 4. The van der Waals surface area contributed by atoms with Crippen LogP contribution in [0.5, 0.6) is 0 Å². The first kappa shape index (κ1) is 28.5. The summed E-state index contributed by atoms with van der Waals surface area (Å²) in [5.74, 6) is -5.57. The molecule has 0 amide bonds. The lowest BCUT2D eigenvalue weighted by Gasteiger charge is -2.18. The second-order valence-electron chi connectivity index (χ2n) is 5.40. The van der Waals surface area contributed by atoms with Crippen LogP contribution in [0.25, 0.3) is 0 Å². The zero-order valence-electron chi connectivity index (χ0n) is 14.1. The average molecular weight is 385 g/mol. The smallest absolute Gasteiger partial charge is 0.481 e. The van der Waals surface area contributed by atoms with Gasteiger partial charge < -0.3 is 46.3 Å². The summed E-state index contributed by atoms with van der Waals surface area (Å²) < 4.78 is 0. The summed E-state index contributed by atoms with van der Waals surface area (Å²) in [5.41, 5.74) is 2.48. The molecule has 0 unspecified atom stereocenters. The summed E-state index contributed by atoms with van der Waals surface area (Å²) in [4.78, 5) is 40.6. The van der Waals surface area contributed by atoms with E-state index in [4.69, 9.17) is 46.3 Å². The SMILES string of the molecule is CC(C)C[C@H](N)C(=O)O.O=C(O)CC(O)(CC(=O)O)C(=O)O.OB(O)O. The molecule has 0 heterocycles. The number of carboxylic acids is 4. The normalized spacial score (nSPS) is 11.2. The minimum atomic E-state index is -2.74. The Bertz CT molecular complexity index is 448. The van der Waals surface area contributed by atoms with Crippen molar-refractivity contribution in [2.45, 2.75) is 44.8 Å². The number of carbonyl (C=O) groups is 4. The highest BCUT2D eigenvalue weighted by Crippen LogP contribution is 2.15. The third kappa shape index (κ3) is 19.8. The summed E-state index contributed by atoms with van der Waals surface area (Å²) in [6, 6.07) is -0.690. The lowest BCUT2D eigenvalue weighted by atomic mass is 9.96. The summed E-state index contributed by atoms with van der Waals surface area (Å²) in [6.07, 6.45) is -1.74. The van der Waals surface area contributed by atoms with Gasteiger partial charge in [-0.1, -0.05) is 13.8 Å². The quantitative estimate of drug-likeness (QED) is 0.191. The standard InChI is InChI=1S/C6H13NO2.C6H8O7.BH3O3/c1-4(2)3-5(7)6(8)9;7-3(8)1-6(13,5(11)12)2-4(9)10;2-1(3)4/h4-5H,3,7H2,1-2H3,(H,8,9);13H,1-2H2,(H,7,8)(H,9,10)(H,11,12);2-4H/t5-;;/m0../s1. The molecule has 1 atom stereocenters. The van der Waals surface area contributed by atoms with Crippen LogP contribution < -0.4 is 5.73 Å². The van der Waals surface area contributed by atoms with E-state index in [1.54, 1.807) is 0 Å². The number of rotatable bonds is 8. The monoisotopic (exact) mass is 385 g/mol. The van der Waals surface area contributed by atoms with Crippen molar-refractivity contribution in [3.63, 3.8) is 0 Å². The lowest BCUT2D eigenvalue weighted by molar-refractivity contribution is -0.170. The fourth-order valence-corrected chi connectivity index (χ4v) is 1.32. The predicted molar refractivity (Wildman–Crippen MR) is 84.6 cm³/mol. The maximum absolute atomic E-state index is 10.3. The fourth-order valence-electron chi connectivity index (χ4n) is 1.32. The highest BCUT2D eigenvalue weighted by molar-refractivity contribution is 6.30. The molecule has 0 radical (unpaired) electrons. The molecule has 0 aromatic heterocycles. The van der Waals surface area contributed by atoms with Gasteiger partial charge in [0.05, 0.1) is 12.8 Å². The highest BCUT2D eigenvalue weighted by Gasteiger charge is 2.40. The van der Waals surface area contributed by atoms with Gasteiger partial charge in [0.1, 0.15) is 6.04 Å². The van der Waals surface area contributed by atoms with Crippen LogP contribution in [0.3, 0.4) is 0 Å².